The van der Waals surface area contributed by atoms with Crippen LogP contribution < -0.4 is 5.32 Å². The monoisotopic (exact) mass is 265 g/mol. The SMILES string of the molecule is CCCC1(CNC2CC(OCC)C23CCCC3)CC1. The summed E-state index contributed by atoms with van der Waals surface area (Å²) in [7, 11) is 0. The van der Waals surface area contributed by atoms with Gasteiger partial charge in [-0.25, -0.2) is 0 Å². The lowest BCUT2D eigenvalue weighted by Gasteiger charge is -2.54. The second-order valence-corrected chi connectivity index (χ2v) is 7.30. The minimum Gasteiger partial charge on any atom is -0.378 e. The van der Waals surface area contributed by atoms with E-state index in [0.717, 1.165) is 12.6 Å². The highest BCUT2D eigenvalue weighted by Crippen LogP contribution is 2.56. The van der Waals surface area contributed by atoms with Crippen molar-refractivity contribution in [2.75, 3.05) is 13.2 Å². The molecule has 3 aliphatic rings. The molecule has 0 aromatic rings. The van der Waals surface area contributed by atoms with E-state index < -0.39 is 0 Å². The molecule has 0 radical (unpaired) electrons. The first-order chi connectivity index (χ1) is 9.25. The summed E-state index contributed by atoms with van der Waals surface area (Å²) in [6.45, 7) is 6.63. The largest absolute Gasteiger partial charge is 0.378 e. The molecular formula is C17H31NO. The number of hydrogen-bond donors (Lipinski definition) is 1. The van der Waals surface area contributed by atoms with E-state index in [1.54, 1.807) is 0 Å². The first kappa shape index (κ1) is 13.9. The molecule has 2 atom stereocenters. The fourth-order valence-corrected chi connectivity index (χ4v) is 4.73. The van der Waals surface area contributed by atoms with E-state index in [1.807, 2.05) is 0 Å². The molecule has 3 aliphatic carbocycles. The van der Waals surface area contributed by atoms with E-state index in [0.29, 0.717) is 16.9 Å². The van der Waals surface area contributed by atoms with Gasteiger partial charge in [0.2, 0.25) is 0 Å². The summed E-state index contributed by atoms with van der Waals surface area (Å²) < 4.78 is 6.00. The molecule has 1 N–H and O–H groups in total. The van der Waals surface area contributed by atoms with Gasteiger partial charge in [0, 0.05) is 24.6 Å². The molecule has 3 fully saturated rings. The van der Waals surface area contributed by atoms with Gasteiger partial charge in [0.05, 0.1) is 6.10 Å². The first-order valence-electron chi connectivity index (χ1n) is 8.60. The first-order valence-corrected chi connectivity index (χ1v) is 8.60. The second kappa shape index (κ2) is 5.37. The van der Waals surface area contributed by atoms with Crippen molar-refractivity contribution in [3.63, 3.8) is 0 Å². The van der Waals surface area contributed by atoms with Crippen molar-refractivity contribution in [2.45, 2.75) is 83.8 Å². The molecule has 3 saturated carbocycles. The van der Waals surface area contributed by atoms with E-state index in [1.165, 1.54) is 64.3 Å². The smallest absolute Gasteiger partial charge is 0.0661 e. The average Bonchev–Trinajstić information content (AvgIpc) is 2.96. The number of hydrogen-bond acceptors (Lipinski definition) is 2. The molecule has 19 heavy (non-hydrogen) atoms. The minimum absolute atomic E-state index is 0.512. The maximum Gasteiger partial charge on any atom is 0.0661 e. The van der Waals surface area contributed by atoms with Gasteiger partial charge in [0.15, 0.2) is 0 Å². The molecule has 2 nitrogen and oxygen atoms in total. The van der Waals surface area contributed by atoms with E-state index in [4.69, 9.17) is 4.74 Å². The van der Waals surface area contributed by atoms with Gasteiger partial charge in [-0.2, -0.15) is 0 Å². The van der Waals surface area contributed by atoms with Crippen molar-refractivity contribution in [3.05, 3.63) is 0 Å². The summed E-state index contributed by atoms with van der Waals surface area (Å²) in [4.78, 5) is 0. The zero-order chi connectivity index (χ0) is 13.3. The molecule has 0 saturated heterocycles. The Morgan fingerprint density at radius 3 is 2.42 bits per heavy atom. The lowest BCUT2D eigenvalue weighted by Crippen LogP contribution is -2.63. The molecule has 110 valence electrons. The third kappa shape index (κ3) is 2.47. The van der Waals surface area contributed by atoms with E-state index in [-0.39, 0.29) is 0 Å². The third-order valence-electron chi connectivity index (χ3n) is 6.15. The van der Waals surface area contributed by atoms with Crippen LogP contribution in [-0.4, -0.2) is 25.3 Å². The minimum atomic E-state index is 0.512. The summed E-state index contributed by atoms with van der Waals surface area (Å²) in [5, 5.41) is 3.95. The van der Waals surface area contributed by atoms with Crippen LogP contribution in [0, 0.1) is 10.8 Å². The summed E-state index contributed by atoms with van der Waals surface area (Å²) in [6.07, 6.45) is 13.1. The lowest BCUT2D eigenvalue weighted by atomic mass is 9.60. The van der Waals surface area contributed by atoms with Crippen LogP contribution in [0.25, 0.3) is 0 Å². The highest BCUT2D eigenvalue weighted by Gasteiger charge is 2.57. The van der Waals surface area contributed by atoms with Gasteiger partial charge in [-0.1, -0.05) is 26.2 Å². The quantitative estimate of drug-likeness (QED) is 0.754. The maximum absolute atomic E-state index is 6.00. The molecule has 0 aromatic carbocycles. The Kier molecular flexibility index (Phi) is 3.92. The summed E-state index contributed by atoms with van der Waals surface area (Å²) in [6, 6.07) is 0.751. The Hall–Kier alpha value is -0.0800. The maximum atomic E-state index is 6.00. The Morgan fingerprint density at radius 1 is 1.11 bits per heavy atom. The summed E-state index contributed by atoms with van der Waals surface area (Å²) >= 11 is 0. The van der Waals surface area contributed by atoms with Gasteiger partial charge in [0.1, 0.15) is 0 Å². The van der Waals surface area contributed by atoms with Crippen LogP contribution in [0.4, 0.5) is 0 Å². The molecule has 3 rings (SSSR count). The average molecular weight is 265 g/mol. The predicted octanol–water partition coefficient (Wildman–Crippen LogP) is 3.89. The normalized spacial score (nSPS) is 34.4. The lowest BCUT2D eigenvalue weighted by molar-refractivity contribution is -0.131. The highest BCUT2D eigenvalue weighted by atomic mass is 16.5. The molecule has 2 unspecified atom stereocenters. The number of ether oxygens (including phenoxy) is 1. The van der Waals surface area contributed by atoms with Crippen LogP contribution >= 0.6 is 0 Å². The molecular weight excluding hydrogens is 234 g/mol. The molecule has 1 spiro atoms. The zero-order valence-corrected chi connectivity index (χ0v) is 12.8. The summed E-state index contributed by atoms with van der Waals surface area (Å²) in [5.74, 6) is 0. The summed E-state index contributed by atoms with van der Waals surface area (Å²) in [5.41, 5.74) is 1.20. The fraction of sp³-hybridized carbons (Fsp3) is 1.00. The van der Waals surface area contributed by atoms with Gasteiger partial charge in [0.25, 0.3) is 0 Å². The fourth-order valence-electron chi connectivity index (χ4n) is 4.73. The van der Waals surface area contributed by atoms with Crippen molar-refractivity contribution in [3.8, 4) is 0 Å². The van der Waals surface area contributed by atoms with Crippen molar-refractivity contribution < 1.29 is 4.74 Å². The highest BCUT2D eigenvalue weighted by molar-refractivity contribution is 5.11. The van der Waals surface area contributed by atoms with E-state index in [2.05, 4.69) is 19.2 Å². The molecule has 0 aliphatic heterocycles. The van der Waals surface area contributed by atoms with E-state index in [9.17, 15) is 0 Å². The van der Waals surface area contributed by atoms with Gasteiger partial charge in [-0.15, -0.1) is 0 Å². The van der Waals surface area contributed by atoms with E-state index >= 15 is 0 Å². The molecule has 0 aromatic heterocycles. The zero-order valence-electron chi connectivity index (χ0n) is 12.8. The Morgan fingerprint density at radius 2 is 1.84 bits per heavy atom. The molecule has 0 heterocycles. The van der Waals surface area contributed by atoms with Gasteiger partial charge in [-0.05, 0) is 50.9 Å². The Labute approximate surface area is 118 Å². The Bertz CT molecular complexity index is 304. The predicted molar refractivity (Wildman–Crippen MR) is 79.3 cm³/mol. The van der Waals surface area contributed by atoms with Gasteiger partial charge >= 0.3 is 0 Å². The van der Waals surface area contributed by atoms with Crippen LogP contribution in [0.3, 0.4) is 0 Å². The second-order valence-electron chi connectivity index (χ2n) is 7.30. The molecule has 0 bridgehead atoms. The number of nitrogens with one attached hydrogen (secondary N) is 1. The van der Waals surface area contributed by atoms with Crippen molar-refractivity contribution in [1.82, 2.24) is 5.32 Å². The standard InChI is InChI=1S/C17H31NO/c1-3-7-16(10-11-16)13-18-14-12-15(19-4-2)17(14)8-5-6-9-17/h14-15,18H,3-13H2,1-2H3. The van der Waals surface area contributed by atoms with Crippen molar-refractivity contribution >= 4 is 0 Å². The Balaban J connectivity index is 1.54. The topological polar surface area (TPSA) is 21.3 Å². The van der Waals surface area contributed by atoms with Gasteiger partial charge in [-0.3, -0.25) is 0 Å². The van der Waals surface area contributed by atoms with Crippen LogP contribution in [-0.2, 0) is 4.74 Å². The van der Waals surface area contributed by atoms with Crippen LogP contribution in [0.2, 0.25) is 0 Å². The molecule has 2 heteroatoms. The van der Waals surface area contributed by atoms with Crippen LogP contribution in [0.5, 0.6) is 0 Å². The van der Waals surface area contributed by atoms with Crippen molar-refractivity contribution in [1.29, 1.82) is 0 Å². The molecule has 0 amide bonds. The van der Waals surface area contributed by atoms with Crippen LogP contribution in [0.1, 0.15) is 71.6 Å². The van der Waals surface area contributed by atoms with Crippen LogP contribution in [0.15, 0.2) is 0 Å². The van der Waals surface area contributed by atoms with Gasteiger partial charge < -0.3 is 10.1 Å². The van der Waals surface area contributed by atoms with Crippen molar-refractivity contribution in [2.24, 2.45) is 10.8 Å². The third-order valence-corrected chi connectivity index (χ3v) is 6.15. The number of rotatable bonds is 7.